The van der Waals surface area contributed by atoms with Crippen LogP contribution in [0.3, 0.4) is 0 Å². The molecule has 0 spiro atoms. The molecule has 0 atom stereocenters. The van der Waals surface area contributed by atoms with Gasteiger partial charge >= 0.3 is 0 Å². The van der Waals surface area contributed by atoms with Crippen molar-refractivity contribution < 1.29 is 0 Å². The first-order valence-electron chi connectivity index (χ1n) is 7.99. The van der Waals surface area contributed by atoms with Crippen LogP contribution in [0.5, 0.6) is 0 Å². The summed E-state index contributed by atoms with van der Waals surface area (Å²) in [6, 6.07) is 0.764. The lowest BCUT2D eigenvalue weighted by molar-refractivity contribution is 0.179. The lowest BCUT2D eigenvalue weighted by Crippen LogP contribution is -2.34. The highest BCUT2D eigenvalue weighted by atomic mass is 32.1. The first kappa shape index (κ1) is 15.7. The molecule has 0 aromatic carbocycles. The molecule has 0 radical (unpaired) electrons. The average Bonchev–Trinajstić information content (AvgIpc) is 3.06. The van der Waals surface area contributed by atoms with E-state index in [-0.39, 0.29) is 0 Å². The van der Waals surface area contributed by atoms with E-state index in [1.54, 1.807) is 11.3 Å². The molecule has 0 aliphatic heterocycles. The Morgan fingerprint density at radius 3 is 2.70 bits per heavy atom. The molecule has 5 heteroatoms. The zero-order valence-corrected chi connectivity index (χ0v) is 13.9. The first-order chi connectivity index (χ1) is 9.69. The first-order valence-corrected chi connectivity index (χ1v) is 8.81. The fourth-order valence-corrected chi connectivity index (χ4v) is 3.63. The second kappa shape index (κ2) is 7.93. The van der Waals surface area contributed by atoms with E-state index in [0.717, 1.165) is 35.2 Å². The Hall–Kier alpha value is -0.680. The monoisotopic (exact) mass is 296 g/mol. The Morgan fingerprint density at radius 1 is 1.30 bits per heavy atom. The van der Waals surface area contributed by atoms with Gasteiger partial charge in [0.1, 0.15) is 5.01 Å². The van der Waals surface area contributed by atoms with Gasteiger partial charge in [0.25, 0.3) is 0 Å². The molecule has 1 aromatic heterocycles. The summed E-state index contributed by atoms with van der Waals surface area (Å²) in [5, 5.41) is 13.9. The highest BCUT2D eigenvalue weighted by Gasteiger charge is 2.23. The van der Waals surface area contributed by atoms with E-state index >= 15 is 0 Å². The van der Waals surface area contributed by atoms with Crippen molar-refractivity contribution in [3.8, 4) is 0 Å². The normalized spacial score (nSPS) is 16.4. The molecule has 1 N–H and O–H groups in total. The topological polar surface area (TPSA) is 41.1 Å². The molecule has 1 aliphatic rings. The van der Waals surface area contributed by atoms with E-state index < -0.39 is 0 Å². The number of hydrogen-bond acceptors (Lipinski definition) is 5. The van der Waals surface area contributed by atoms with Crippen LogP contribution in [0.2, 0.25) is 0 Å². The molecule has 1 fully saturated rings. The molecule has 0 amide bonds. The summed E-state index contributed by atoms with van der Waals surface area (Å²) < 4.78 is 0. The van der Waals surface area contributed by atoms with Crippen molar-refractivity contribution in [2.45, 2.75) is 65.5 Å². The molecule has 0 saturated heterocycles. The van der Waals surface area contributed by atoms with Gasteiger partial charge in [0.15, 0.2) is 0 Å². The summed E-state index contributed by atoms with van der Waals surface area (Å²) in [5.41, 5.74) is 0. The van der Waals surface area contributed by atoms with E-state index in [1.807, 2.05) is 0 Å². The third kappa shape index (κ3) is 4.70. The zero-order valence-electron chi connectivity index (χ0n) is 13.1. The summed E-state index contributed by atoms with van der Waals surface area (Å²) in [5.74, 6) is 0.769. The predicted molar refractivity (Wildman–Crippen MR) is 86.2 cm³/mol. The quantitative estimate of drug-likeness (QED) is 0.793. The van der Waals surface area contributed by atoms with Gasteiger partial charge in [-0.1, -0.05) is 38.0 Å². The molecule has 1 aromatic rings. The minimum absolute atomic E-state index is 0.764. The van der Waals surface area contributed by atoms with E-state index in [0.29, 0.717) is 0 Å². The predicted octanol–water partition coefficient (Wildman–Crippen LogP) is 3.76. The highest BCUT2D eigenvalue weighted by Crippen LogP contribution is 2.27. The lowest BCUT2D eigenvalue weighted by atomic mass is 10.1. The van der Waals surface area contributed by atoms with Gasteiger partial charge in [-0.3, -0.25) is 4.90 Å². The number of hydrogen-bond donors (Lipinski definition) is 1. The molecule has 4 nitrogen and oxygen atoms in total. The SMILES string of the molecule is CCNc1nnc(CN(CCC(C)C)C2CCCC2)s1. The fourth-order valence-electron chi connectivity index (χ4n) is 2.80. The molecule has 1 aliphatic carbocycles. The standard InChI is InChI=1S/C15H28N4S/c1-4-16-15-18-17-14(20-15)11-19(10-9-12(2)3)13-7-5-6-8-13/h12-13H,4-11H2,1-3H3,(H,16,18). The third-order valence-corrected chi connectivity index (χ3v) is 4.83. The molecular weight excluding hydrogens is 268 g/mol. The third-order valence-electron chi connectivity index (χ3n) is 3.97. The number of aromatic nitrogens is 2. The zero-order chi connectivity index (χ0) is 14.4. The van der Waals surface area contributed by atoms with Crippen molar-refractivity contribution in [3.63, 3.8) is 0 Å². The van der Waals surface area contributed by atoms with Crippen LogP contribution in [0.4, 0.5) is 5.13 Å². The van der Waals surface area contributed by atoms with Crippen molar-refractivity contribution in [1.29, 1.82) is 0 Å². The van der Waals surface area contributed by atoms with Gasteiger partial charge < -0.3 is 5.32 Å². The van der Waals surface area contributed by atoms with Crippen LogP contribution in [0.1, 0.15) is 57.9 Å². The van der Waals surface area contributed by atoms with Crippen LogP contribution < -0.4 is 5.32 Å². The Bertz CT molecular complexity index is 385. The minimum atomic E-state index is 0.764. The van der Waals surface area contributed by atoms with Gasteiger partial charge in [0, 0.05) is 12.6 Å². The van der Waals surface area contributed by atoms with Crippen molar-refractivity contribution in [2.75, 3.05) is 18.4 Å². The molecular formula is C15H28N4S. The summed E-state index contributed by atoms with van der Waals surface area (Å²) in [7, 11) is 0. The molecule has 20 heavy (non-hydrogen) atoms. The van der Waals surface area contributed by atoms with Crippen LogP contribution in [0.25, 0.3) is 0 Å². The average molecular weight is 296 g/mol. The van der Waals surface area contributed by atoms with Gasteiger partial charge in [-0.05, 0) is 38.6 Å². The minimum Gasteiger partial charge on any atom is -0.360 e. The maximum atomic E-state index is 4.34. The summed E-state index contributed by atoms with van der Waals surface area (Å²) in [4.78, 5) is 2.64. The maximum absolute atomic E-state index is 4.34. The Kier molecular flexibility index (Phi) is 6.23. The molecule has 2 rings (SSSR count). The Labute approximate surface area is 127 Å². The maximum Gasteiger partial charge on any atom is 0.205 e. The number of anilines is 1. The molecule has 1 heterocycles. The molecule has 1 saturated carbocycles. The van der Waals surface area contributed by atoms with Crippen LogP contribution in [-0.4, -0.2) is 34.2 Å². The van der Waals surface area contributed by atoms with Gasteiger partial charge in [0.2, 0.25) is 5.13 Å². The van der Waals surface area contributed by atoms with Crippen LogP contribution in [0.15, 0.2) is 0 Å². The van der Waals surface area contributed by atoms with Crippen molar-refractivity contribution >= 4 is 16.5 Å². The van der Waals surface area contributed by atoms with Crippen LogP contribution in [-0.2, 0) is 6.54 Å². The van der Waals surface area contributed by atoms with Crippen LogP contribution >= 0.6 is 11.3 Å². The molecule has 0 bridgehead atoms. The van der Waals surface area contributed by atoms with E-state index in [1.165, 1.54) is 38.6 Å². The molecule has 0 unspecified atom stereocenters. The second-order valence-corrected chi connectivity index (χ2v) is 7.18. The smallest absolute Gasteiger partial charge is 0.205 e. The van der Waals surface area contributed by atoms with Crippen molar-refractivity contribution in [3.05, 3.63) is 5.01 Å². The molecule has 114 valence electrons. The van der Waals surface area contributed by atoms with Gasteiger partial charge in [0.05, 0.1) is 6.54 Å². The Balaban J connectivity index is 1.94. The summed E-state index contributed by atoms with van der Waals surface area (Å²) >= 11 is 1.70. The van der Waals surface area contributed by atoms with Gasteiger partial charge in [-0.15, -0.1) is 10.2 Å². The van der Waals surface area contributed by atoms with Gasteiger partial charge in [-0.25, -0.2) is 0 Å². The van der Waals surface area contributed by atoms with Crippen molar-refractivity contribution in [1.82, 2.24) is 15.1 Å². The fraction of sp³-hybridized carbons (Fsp3) is 0.867. The van der Waals surface area contributed by atoms with E-state index in [4.69, 9.17) is 0 Å². The summed E-state index contributed by atoms with van der Waals surface area (Å²) in [6.45, 7) is 9.78. The number of nitrogens with zero attached hydrogens (tertiary/aromatic N) is 3. The largest absolute Gasteiger partial charge is 0.360 e. The lowest BCUT2D eigenvalue weighted by Gasteiger charge is -2.28. The van der Waals surface area contributed by atoms with E-state index in [9.17, 15) is 0 Å². The Morgan fingerprint density at radius 2 is 2.05 bits per heavy atom. The number of nitrogens with one attached hydrogen (secondary N) is 1. The summed E-state index contributed by atoms with van der Waals surface area (Å²) in [6.07, 6.45) is 6.77. The highest BCUT2D eigenvalue weighted by molar-refractivity contribution is 7.15. The van der Waals surface area contributed by atoms with Crippen LogP contribution in [0, 0.1) is 5.92 Å². The number of rotatable bonds is 8. The van der Waals surface area contributed by atoms with Gasteiger partial charge in [-0.2, -0.15) is 0 Å². The second-order valence-electron chi connectivity index (χ2n) is 6.12. The van der Waals surface area contributed by atoms with Crippen molar-refractivity contribution in [2.24, 2.45) is 5.92 Å². The van der Waals surface area contributed by atoms with E-state index in [2.05, 4.69) is 41.2 Å².